The smallest absolute Gasteiger partial charge is 0.330 e. The van der Waals surface area contributed by atoms with E-state index in [0.717, 1.165) is 30.6 Å². The van der Waals surface area contributed by atoms with Crippen LogP contribution in [-0.2, 0) is 19.1 Å². The van der Waals surface area contributed by atoms with E-state index in [-0.39, 0.29) is 25.0 Å². The lowest BCUT2D eigenvalue weighted by molar-refractivity contribution is -0.142. The number of ether oxygens (including phenoxy) is 2. The van der Waals surface area contributed by atoms with Gasteiger partial charge in [0, 0.05) is 13.0 Å². The first-order chi connectivity index (χ1) is 11.5. The van der Waals surface area contributed by atoms with E-state index < -0.39 is 12.0 Å². The number of nitrogens with one attached hydrogen (secondary N) is 1. The average Bonchev–Trinajstić information content (AvgIpc) is 3.01. The Bertz CT molecular complexity index is 561. The predicted octanol–water partition coefficient (Wildman–Crippen LogP) is 2.13. The summed E-state index contributed by atoms with van der Waals surface area (Å²) in [5.74, 6) is -1.41. The first-order valence-corrected chi connectivity index (χ1v) is 8.25. The van der Waals surface area contributed by atoms with Crippen LogP contribution in [0.15, 0.2) is 18.2 Å². The number of carboxylic acids is 1. The van der Waals surface area contributed by atoms with Crippen LogP contribution in [0.5, 0.6) is 0 Å². The maximum absolute atomic E-state index is 12.0. The molecule has 2 N–H and O–H groups in total. The number of rotatable bonds is 8. The first-order valence-electron chi connectivity index (χ1n) is 8.25. The molecular formula is C18H25NO5. The van der Waals surface area contributed by atoms with Gasteiger partial charge < -0.3 is 19.9 Å². The van der Waals surface area contributed by atoms with Crippen LogP contribution in [0.3, 0.4) is 0 Å². The number of hydrogen-bond donors (Lipinski definition) is 2. The second kappa shape index (κ2) is 8.80. The third-order valence-corrected chi connectivity index (χ3v) is 3.93. The number of carbonyl (C=O) groups is 2. The van der Waals surface area contributed by atoms with Crippen LogP contribution in [0.2, 0.25) is 0 Å². The molecule has 0 bridgehead atoms. The number of aryl methyl sites for hydroxylation is 2. The average molecular weight is 335 g/mol. The molecule has 1 heterocycles. The number of carboxylic acid groups (broad SMARTS) is 1. The van der Waals surface area contributed by atoms with Crippen molar-refractivity contribution in [1.29, 1.82) is 0 Å². The summed E-state index contributed by atoms with van der Waals surface area (Å²) in [6, 6.07) is 4.47. The molecule has 0 aromatic heterocycles. The summed E-state index contributed by atoms with van der Waals surface area (Å²) in [5.41, 5.74) is 2.50. The molecule has 2 atom stereocenters. The molecule has 1 aliphatic rings. The number of amides is 1. The Morgan fingerprint density at radius 3 is 2.62 bits per heavy atom. The van der Waals surface area contributed by atoms with E-state index in [1.165, 1.54) is 0 Å². The minimum Gasteiger partial charge on any atom is -0.479 e. The Morgan fingerprint density at radius 2 is 2.04 bits per heavy atom. The molecule has 6 nitrogen and oxygen atoms in total. The fourth-order valence-corrected chi connectivity index (χ4v) is 2.85. The molecule has 0 spiro atoms. The molecule has 1 aromatic carbocycles. The number of benzene rings is 1. The molecule has 1 amide bonds. The Kier molecular flexibility index (Phi) is 6.75. The Morgan fingerprint density at radius 1 is 1.33 bits per heavy atom. The van der Waals surface area contributed by atoms with Crippen LogP contribution in [0.4, 0.5) is 0 Å². The normalized spacial score (nSPS) is 18.3. The van der Waals surface area contributed by atoms with E-state index in [0.29, 0.717) is 12.2 Å². The maximum atomic E-state index is 12.0. The van der Waals surface area contributed by atoms with Gasteiger partial charge in [-0.15, -0.1) is 0 Å². The second-order valence-electron chi connectivity index (χ2n) is 6.22. The summed E-state index contributed by atoms with van der Waals surface area (Å²) in [4.78, 5) is 23.5. The summed E-state index contributed by atoms with van der Waals surface area (Å²) in [7, 11) is 0. The van der Waals surface area contributed by atoms with Gasteiger partial charge in [-0.2, -0.15) is 0 Å². The van der Waals surface area contributed by atoms with Crippen molar-refractivity contribution >= 4 is 11.9 Å². The predicted molar refractivity (Wildman–Crippen MR) is 88.8 cm³/mol. The fraction of sp³-hybridized carbons (Fsp3) is 0.556. The molecular weight excluding hydrogens is 310 g/mol. The monoisotopic (exact) mass is 335 g/mol. The molecule has 1 fully saturated rings. The van der Waals surface area contributed by atoms with E-state index in [1.54, 1.807) is 12.1 Å². The zero-order chi connectivity index (χ0) is 17.5. The summed E-state index contributed by atoms with van der Waals surface area (Å²) in [6.07, 6.45) is 2.28. The van der Waals surface area contributed by atoms with Crippen molar-refractivity contribution in [3.63, 3.8) is 0 Å². The van der Waals surface area contributed by atoms with Gasteiger partial charge in [-0.25, -0.2) is 4.79 Å². The van der Waals surface area contributed by atoms with Gasteiger partial charge in [0.05, 0.1) is 19.3 Å². The molecule has 0 saturated carbocycles. The topological polar surface area (TPSA) is 84.9 Å². The summed E-state index contributed by atoms with van der Waals surface area (Å²) < 4.78 is 10.9. The largest absolute Gasteiger partial charge is 0.479 e. The van der Waals surface area contributed by atoms with E-state index in [4.69, 9.17) is 9.47 Å². The highest BCUT2D eigenvalue weighted by Crippen LogP contribution is 2.18. The zero-order valence-corrected chi connectivity index (χ0v) is 14.2. The van der Waals surface area contributed by atoms with Gasteiger partial charge in [-0.3, -0.25) is 4.79 Å². The lowest BCUT2D eigenvalue weighted by Crippen LogP contribution is -2.34. The Balaban J connectivity index is 1.83. The van der Waals surface area contributed by atoms with Crippen LogP contribution in [0, 0.1) is 13.8 Å². The van der Waals surface area contributed by atoms with E-state index in [2.05, 4.69) is 5.32 Å². The minimum atomic E-state index is -1.08. The van der Waals surface area contributed by atoms with Crippen LogP contribution in [0.25, 0.3) is 0 Å². The van der Waals surface area contributed by atoms with Gasteiger partial charge in [-0.05, 0) is 32.3 Å². The maximum Gasteiger partial charge on any atom is 0.330 e. The third kappa shape index (κ3) is 5.62. The highest BCUT2D eigenvalue weighted by atomic mass is 16.5. The van der Waals surface area contributed by atoms with Crippen molar-refractivity contribution in [2.75, 3.05) is 19.8 Å². The molecule has 1 aliphatic heterocycles. The molecule has 132 valence electrons. The molecule has 2 rings (SSSR count). The summed E-state index contributed by atoms with van der Waals surface area (Å²) >= 11 is 0. The lowest BCUT2D eigenvalue weighted by Gasteiger charge is -2.16. The van der Waals surface area contributed by atoms with Crippen molar-refractivity contribution in [3.8, 4) is 0 Å². The quantitative estimate of drug-likeness (QED) is 0.711. The van der Waals surface area contributed by atoms with Crippen LogP contribution in [0.1, 0.15) is 42.0 Å². The molecule has 2 unspecified atom stereocenters. The van der Waals surface area contributed by atoms with E-state index >= 15 is 0 Å². The van der Waals surface area contributed by atoms with Crippen molar-refractivity contribution in [2.24, 2.45) is 0 Å². The van der Waals surface area contributed by atoms with E-state index in [9.17, 15) is 14.7 Å². The van der Waals surface area contributed by atoms with Gasteiger partial charge in [0.25, 0.3) is 0 Å². The molecule has 6 heteroatoms. The van der Waals surface area contributed by atoms with Crippen molar-refractivity contribution in [1.82, 2.24) is 5.32 Å². The Labute approximate surface area is 142 Å². The Hall–Kier alpha value is -1.92. The van der Waals surface area contributed by atoms with Crippen LogP contribution < -0.4 is 5.32 Å². The third-order valence-electron chi connectivity index (χ3n) is 3.93. The highest BCUT2D eigenvalue weighted by molar-refractivity contribution is 5.84. The SMILES string of the molecule is Cc1cc(C)cc(C(NC(=O)CCOCC2CCCO2)C(=O)O)c1. The summed E-state index contributed by atoms with van der Waals surface area (Å²) in [6.45, 7) is 5.30. The van der Waals surface area contributed by atoms with Gasteiger partial charge >= 0.3 is 5.97 Å². The molecule has 0 radical (unpaired) electrons. The van der Waals surface area contributed by atoms with Gasteiger partial charge in [0.2, 0.25) is 5.91 Å². The first kappa shape index (κ1) is 18.4. The highest BCUT2D eigenvalue weighted by Gasteiger charge is 2.22. The number of carbonyl (C=O) groups excluding carboxylic acids is 1. The number of hydrogen-bond acceptors (Lipinski definition) is 4. The van der Waals surface area contributed by atoms with Gasteiger partial charge in [-0.1, -0.05) is 29.3 Å². The minimum absolute atomic E-state index is 0.120. The summed E-state index contributed by atoms with van der Waals surface area (Å²) in [5, 5.41) is 12.0. The fourth-order valence-electron chi connectivity index (χ4n) is 2.85. The second-order valence-corrected chi connectivity index (χ2v) is 6.22. The van der Waals surface area contributed by atoms with Crippen molar-refractivity contribution in [2.45, 2.75) is 45.3 Å². The van der Waals surface area contributed by atoms with Crippen molar-refractivity contribution in [3.05, 3.63) is 34.9 Å². The lowest BCUT2D eigenvalue weighted by atomic mass is 10.0. The standard InChI is InChI=1S/C18H25NO5/c1-12-8-13(2)10-14(9-12)17(18(21)22)19-16(20)5-7-23-11-15-4-3-6-24-15/h8-10,15,17H,3-7,11H2,1-2H3,(H,19,20)(H,21,22). The van der Waals surface area contributed by atoms with Crippen LogP contribution in [-0.4, -0.2) is 42.9 Å². The molecule has 0 aliphatic carbocycles. The van der Waals surface area contributed by atoms with E-state index in [1.807, 2.05) is 19.9 Å². The van der Waals surface area contributed by atoms with Crippen molar-refractivity contribution < 1.29 is 24.2 Å². The zero-order valence-electron chi connectivity index (χ0n) is 14.2. The molecule has 24 heavy (non-hydrogen) atoms. The number of aliphatic carboxylic acids is 1. The molecule has 1 aromatic rings. The van der Waals surface area contributed by atoms with Gasteiger partial charge in [0.1, 0.15) is 0 Å². The van der Waals surface area contributed by atoms with Crippen LogP contribution >= 0.6 is 0 Å². The molecule has 1 saturated heterocycles. The van der Waals surface area contributed by atoms with Gasteiger partial charge in [0.15, 0.2) is 6.04 Å².